The summed E-state index contributed by atoms with van der Waals surface area (Å²) >= 11 is 3.42. The summed E-state index contributed by atoms with van der Waals surface area (Å²) in [5.74, 6) is -1.80. The van der Waals surface area contributed by atoms with Crippen LogP contribution in [0.15, 0.2) is 0 Å². The van der Waals surface area contributed by atoms with Crippen LogP contribution in [0.1, 0.15) is 9.78 Å². The first kappa shape index (κ1) is 29.3. The van der Waals surface area contributed by atoms with Crippen LogP contribution < -0.4 is 12.3 Å². The van der Waals surface area contributed by atoms with Crippen molar-refractivity contribution < 1.29 is 22.7 Å². The molecule has 0 amide bonds. The molecule has 0 atom stereocenters. The summed E-state index contributed by atoms with van der Waals surface area (Å²) in [5, 5.41) is 15.1. The number of hydrogen-bond donors (Lipinski definition) is 5. The standard InChI is InChI=1S/C2H4O2S.C2H4O2.2H3N.Sr.2H/c3-2(4)1-5;1-2(3)4;;;;;/h5H,1H2,(H,3,4);1H3,(H,3,4);2*1H3;;;/q;;;;+2;2*-1. The monoisotopic (exact) mass is 276 g/mol. The van der Waals surface area contributed by atoms with Gasteiger partial charge in [-0.25, -0.2) is 0 Å². The van der Waals surface area contributed by atoms with Gasteiger partial charge in [-0.15, -0.1) is 0 Å². The minimum absolute atomic E-state index is 0. The zero-order valence-electron chi connectivity index (χ0n) is 8.99. The maximum atomic E-state index is 9.29. The average Bonchev–Trinajstić information content (AvgIpc) is 1.65. The van der Waals surface area contributed by atoms with E-state index in [0.717, 1.165) is 6.92 Å². The van der Waals surface area contributed by atoms with Gasteiger partial charge in [0.05, 0.1) is 5.75 Å². The molecule has 6 nitrogen and oxygen atoms in total. The minimum Gasteiger partial charge on any atom is -1.00 e. The van der Waals surface area contributed by atoms with Crippen molar-refractivity contribution in [1.82, 2.24) is 12.3 Å². The number of aliphatic carboxylic acids is 2. The Bertz CT molecular complexity index is 118. The van der Waals surface area contributed by atoms with Crippen molar-refractivity contribution in [1.29, 1.82) is 0 Å². The summed E-state index contributed by atoms with van der Waals surface area (Å²) in [5.41, 5.74) is 0. The quantitative estimate of drug-likeness (QED) is 0.343. The fourth-order valence-electron chi connectivity index (χ4n) is 0. The summed E-state index contributed by atoms with van der Waals surface area (Å²) in [7, 11) is 0. The molecule has 0 aromatic carbocycles. The molecule has 74 valence electrons. The number of carboxylic acids is 2. The number of carboxylic acid groups (broad SMARTS) is 2. The van der Waals surface area contributed by atoms with E-state index in [1.807, 2.05) is 0 Å². The van der Waals surface area contributed by atoms with Crippen molar-refractivity contribution in [3.63, 3.8) is 0 Å². The summed E-state index contributed by atoms with van der Waals surface area (Å²) in [4.78, 5) is 18.3. The van der Waals surface area contributed by atoms with Gasteiger partial charge in [-0.3, -0.25) is 9.59 Å². The first-order valence-corrected chi connectivity index (χ1v) is 2.66. The molecule has 8 N–H and O–H groups in total. The van der Waals surface area contributed by atoms with Crippen molar-refractivity contribution in [2.75, 3.05) is 5.75 Å². The molecule has 0 aliphatic carbocycles. The molecule has 8 heteroatoms. The molecule has 0 aromatic heterocycles. The van der Waals surface area contributed by atoms with Gasteiger partial charge in [0, 0.05) is 6.92 Å². The third-order valence-electron chi connectivity index (χ3n) is 0.135. The van der Waals surface area contributed by atoms with Crippen molar-refractivity contribution in [2.45, 2.75) is 6.92 Å². The molecule has 0 unspecified atom stereocenters. The molecular formula is C4H16N2O4SSr. The number of carbonyl (C=O) groups is 2. The van der Waals surface area contributed by atoms with E-state index < -0.39 is 11.9 Å². The third kappa shape index (κ3) is 139. The smallest absolute Gasteiger partial charge is 1.00 e. The molecule has 0 saturated carbocycles. The van der Waals surface area contributed by atoms with Crippen LogP contribution in [0.5, 0.6) is 0 Å². The van der Waals surface area contributed by atoms with Gasteiger partial charge in [-0.05, 0) is 0 Å². The Morgan fingerprint density at radius 3 is 1.42 bits per heavy atom. The van der Waals surface area contributed by atoms with E-state index in [2.05, 4.69) is 12.6 Å². The molecular weight excluding hydrogens is 260 g/mol. The molecule has 0 spiro atoms. The first-order chi connectivity index (χ1) is 4.00. The Labute approximate surface area is 117 Å². The second-order valence-electron chi connectivity index (χ2n) is 1.07. The molecule has 0 radical (unpaired) electrons. The molecule has 0 bridgehead atoms. The van der Waals surface area contributed by atoms with Crippen LogP contribution in [0.3, 0.4) is 0 Å². The molecule has 0 saturated heterocycles. The van der Waals surface area contributed by atoms with E-state index in [0.29, 0.717) is 0 Å². The Balaban J connectivity index is -0.0000000104. The van der Waals surface area contributed by atoms with Gasteiger partial charge in [-0.1, -0.05) is 0 Å². The van der Waals surface area contributed by atoms with Gasteiger partial charge in [0.25, 0.3) is 5.97 Å². The zero-order chi connectivity index (χ0) is 7.86. The molecule has 12 heavy (non-hydrogen) atoms. The average molecular weight is 276 g/mol. The molecule has 0 heterocycles. The number of thiol groups is 1. The van der Waals surface area contributed by atoms with Crippen molar-refractivity contribution in [3.05, 3.63) is 0 Å². The van der Waals surface area contributed by atoms with E-state index in [4.69, 9.17) is 15.0 Å². The van der Waals surface area contributed by atoms with Gasteiger partial charge in [0.15, 0.2) is 0 Å². The van der Waals surface area contributed by atoms with Crippen molar-refractivity contribution >= 4 is 70.0 Å². The fourth-order valence-corrected chi connectivity index (χ4v) is 0. The molecule has 0 aromatic rings. The molecule has 0 rings (SSSR count). The predicted molar refractivity (Wildman–Crippen MR) is 52.8 cm³/mol. The second kappa shape index (κ2) is 22.6. The van der Waals surface area contributed by atoms with Gasteiger partial charge in [-0.2, -0.15) is 12.6 Å². The van der Waals surface area contributed by atoms with Crippen LogP contribution in [0.25, 0.3) is 0 Å². The van der Waals surface area contributed by atoms with Gasteiger partial charge in [0.2, 0.25) is 0 Å². The second-order valence-corrected chi connectivity index (χ2v) is 1.39. The Morgan fingerprint density at radius 1 is 1.33 bits per heavy atom. The molecule has 0 fully saturated rings. The van der Waals surface area contributed by atoms with E-state index in [1.54, 1.807) is 0 Å². The summed E-state index contributed by atoms with van der Waals surface area (Å²) in [6.07, 6.45) is 0. The van der Waals surface area contributed by atoms with E-state index >= 15 is 0 Å². The van der Waals surface area contributed by atoms with E-state index in [1.165, 1.54) is 0 Å². The number of rotatable bonds is 1. The Kier molecular flexibility index (Phi) is 55.2. The van der Waals surface area contributed by atoms with Crippen molar-refractivity contribution in [3.8, 4) is 0 Å². The molecule has 0 aliphatic rings. The van der Waals surface area contributed by atoms with E-state index in [9.17, 15) is 4.79 Å². The topological polar surface area (TPSA) is 145 Å². The maximum absolute atomic E-state index is 9.29. The summed E-state index contributed by atoms with van der Waals surface area (Å²) in [6, 6.07) is 0. The van der Waals surface area contributed by atoms with Gasteiger partial charge in [0.1, 0.15) is 0 Å². The van der Waals surface area contributed by atoms with E-state index in [-0.39, 0.29) is 66.4 Å². The van der Waals surface area contributed by atoms with Crippen molar-refractivity contribution in [2.24, 2.45) is 0 Å². The van der Waals surface area contributed by atoms with Gasteiger partial charge < -0.3 is 25.4 Å². The van der Waals surface area contributed by atoms with Crippen LogP contribution in [0.2, 0.25) is 0 Å². The fraction of sp³-hybridized carbons (Fsp3) is 0.500. The normalized spacial score (nSPS) is 5.17. The Morgan fingerprint density at radius 2 is 1.42 bits per heavy atom. The first-order valence-electron chi connectivity index (χ1n) is 2.03. The van der Waals surface area contributed by atoms with Crippen LogP contribution in [0, 0.1) is 0 Å². The summed E-state index contributed by atoms with van der Waals surface area (Å²) in [6.45, 7) is 1.08. The minimum atomic E-state index is -0.881. The third-order valence-corrected chi connectivity index (χ3v) is 0.406. The SMILES string of the molecule is CC(=O)O.N.N.O=C(O)CS.[H-].[H-].[Sr+2]. The van der Waals surface area contributed by atoms with Crippen LogP contribution in [0.4, 0.5) is 0 Å². The van der Waals surface area contributed by atoms with Crippen LogP contribution >= 0.6 is 12.6 Å². The van der Waals surface area contributed by atoms with Gasteiger partial charge >= 0.3 is 51.5 Å². The number of hydrogen-bond acceptors (Lipinski definition) is 5. The largest absolute Gasteiger partial charge is 2.00 e. The zero-order valence-corrected chi connectivity index (χ0v) is 11.4. The maximum Gasteiger partial charge on any atom is 2.00 e. The van der Waals surface area contributed by atoms with Crippen LogP contribution in [-0.2, 0) is 9.59 Å². The predicted octanol–water partition coefficient (Wildman–Crippen LogP) is 0.260. The molecule has 0 aliphatic heterocycles. The van der Waals surface area contributed by atoms with Crippen LogP contribution in [-0.4, -0.2) is 73.4 Å². The Hall–Kier alpha value is 0.691. The summed E-state index contributed by atoms with van der Waals surface area (Å²) < 4.78 is 0.